The first-order chi connectivity index (χ1) is 11.8. The molecule has 4 rings (SSSR count). The van der Waals surface area contributed by atoms with Crippen molar-refractivity contribution in [1.82, 2.24) is 14.5 Å². The van der Waals surface area contributed by atoms with Crippen LogP contribution in [0.3, 0.4) is 0 Å². The van der Waals surface area contributed by atoms with Crippen LogP contribution in [-0.4, -0.2) is 34.6 Å². The molecule has 0 radical (unpaired) electrons. The zero-order valence-electron chi connectivity index (χ0n) is 14.4. The average molecular weight is 340 g/mol. The molecule has 1 N–H and O–H groups in total. The molecule has 3 aromatic rings. The van der Waals surface area contributed by atoms with E-state index >= 15 is 0 Å². The summed E-state index contributed by atoms with van der Waals surface area (Å²) in [6, 6.07) is 6.69. The van der Waals surface area contributed by atoms with Crippen LogP contribution in [0, 0.1) is 0 Å². The van der Waals surface area contributed by atoms with Gasteiger partial charge in [-0.2, -0.15) is 0 Å². The number of thiazole rings is 1. The minimum atomic E-state index is 0.981. The highest BCUT2D eigenvalue weighted by Crippen LogP contribution is 2.32. The van der Waals surface area contributed by atoms with E-state index in [1.807, 2.05) is 7.05 Å². The van der Waals surface area contributed by atoms with E-state index in [4.69, 9.17) is 4.98 Å². The molecule has 0 unspecified atom stereocenters. The van der Waals surface area contributed by atoms with Gasteiger partial charge in [0.25, 0.3) is 0 Å². The van der Waals surface area contributed by atoms with Gasteiger partial charge < -0.3 is 9.88 Å². The van der Waals surface area contributed by atoms with E-state index in [0.29, 0.717) is 0 Å². The molecule has 1 fully saturated rings. The van der Waals surface area contributed by atoms with Crippen LogP contribution in [0.4, 0.5) is 5.69 Å². The van der Waals surface area contributed by atoms with E-state index in [9.17, 15) is 0 Å². The van der Waals surface area contributed by atoms with Gasteiger partial charge >= 0.3 is 0 Å². The summed E-state index contributed by atoms with van der Waals surface area (Å²) in [5, 5.41) is 7.92. The third kappa shape index (κ3) is 2.82. The Hall–Kier alpha value is -1.85. The largest absolute Gasteiger partial charge is 0.386 e. The third-order valence-electron chi connectivity index (χ3n) is 4.87. The summed E-state index contributed by atoms with van der Waals surface area (Å²) in [7, 11) is 1.99. The Bertz CT molecular complexity index is 842. The van der Waals surface area contributed by atoms with Crippen molar-refractivity contribution in [3.05, 3.63) is 35.5 Å². The highest BCUT2D eigenvalue weighted by Gasteiger charge is 2.15. The van der Waals surface area contributed by atoms with Crippen molar-refractivity contribution in [2.75, 3.05) is 25.5 Å². The Morgan fingerprint density at radius 2 is 2.08 bits per heavy atom. The quantitative estimate of drug-likeness (QED) is 0.746. The van der Waals surface area contributed by atoms with Crippen molar-refractivity contribution >= 4 is 27.9 Å². The molecule has 5 heteroatoms. The molecule has 0 saturated carbocycles. The maximum atomic E-state index is 4.88. The van der Waals surface area contributed by atoms with Crippen molar-refractivity contribution in [2.24, 2.45) is 0 Å². The highest BCUT2D eigenvalue weighted by molar-refractivity contribution is 7.13. The summed E-state index contributed by atoms with van der Waals surface area (Å²) in [4.78, 5) is 7.39. The molecule has 3 heterocycles. The first-order valence-corrected chi connectivity index (χ1v) is 9.64. The first-order valence-electron chi connectivity index (χ1n) is 8.76. The highest BCUT2D eigenvalue weighted by atomic mass is 32.1. The van der Waals surface area contributed by atoms with E-state index in [-0.39, 0.29) is 0 Å². The lowest BCUT2D eigenvalue weighted by Gasteiger charge is -2.11. The fourth-order valence-corrected chi connectivity index (χ4v) is 4.38. The lowest BCUT2D eigenvalue weighted by atomic mass is 10.1. The lowest BCUT2D eigenvalue weighted by molar-refractivity contribution is 0.328. The number of aromatic nitrogens is 2. The summed E-state index contributed by atoms with van der Waals surface area (Å²) in [5.41, 5.74) is 4.88. The maximum Gasteiger partial charge on any atom is 0.123 e. The van der Waals surface area contributed by atoms with Crippen LogP contribution in [-0.2, 0) is 13.1 Å². The molecule has 4 nitrogen and oxygen atoms in total. The topological polar surface area (TPSA) is 33.1 Å². The van der Waals surface area contributed by atoms with Crippen LogP contribution < -0.4 is 5.32 Å². The molecule has 0 atom stereocenters. The fraction of sp³-hybridized carbons (Fsp3) is 0.421. The number of nitrogens with zero attached hydrogens (tertiary/aromatic N) is 3. The minimum Gasteiger partial charge on any atom is -0.386 e. The van der Waals surface area contributed by atoms with Gasteiger partial charge in [-0.3, -0.25) is 4.90 Å². The number of fused-ring (bicyclic) bond motifs is 1. The number of likely N-dealkylation sites (tertiary alicyclic amines) is 1. The molecule has 24 heavy (non-hydrogen) atoms. The van der Waals surface area contributed by atoms with Crippen LogP contribution >= 0.6 is 11.3 Å². The van der Waals surface area contributed by atoms with Gasteiger partial charge in [0.05, 0.1) is 16.9 Å². The molecule has 126 valence electrons. The van der Waals surface area contributed by atoms with E-state index in [0.717, 1.165) is 18.1 Å². The Morgan fingerprint density at radius 1 is 1.25 bits per heavy atom. The van der Waals surface area contributed by atoms with Gasteiger partial charge in [-0.05, 0) is 51.1 Å². The van der Waals surface area contributed by atoms with Gasteiger partial charge in [-0.25, -0.2) is 4.98 Å². The summed E-state index contributed by atoms with van der Waals surface area (Å²) in [6.07, 6.45) is 4.85. The van der Waals surface area contributed by atoms with Crippen LogP contribution in [0.5, 0.6) is 0 Å². The summed E-state index contributed by atoms with van der Waals surface area (Å²) < 4.78 is 2.28. The molecule has 0 spiro atoms. The van der Waals surface area contributed by atoms with Gasteiger partial charge in [0, 0.05) is 42.7 Å². The lowest BCUT2D eigenvalue weighted by Crippen LogP contribution is -2.18. The van der Waals surface area contributed by atoms with Crippen molar-refractivity contribution in [3.8, 4) is 10.6 Å². The van der Waals surface area contributed by atoms with Crippen molar-refractivity contribution in [3.63, 3.8) is 0 Å². The van der Waals surface area contributed by atoms with Gasteiger partial charge in [-0.15, -0.1) is 11.3 Å². The summed E-state index contributed by atoms with van der Waals surface area (Å²) in [6.45, 7) is 6.59. The second-order valence-corrected chi connectivity index (χ2v) is 7.30. The van der Waals surface area contributed by atoms with E-state index in [2.05, 4.69) is 51.5 Å². The van der Waals surface area contributed by atoms with Crippen molar-refractivity contribution in [1.29, 1.82) is 0 Å². The monoisotopic (exact) mass is 340 g/mol. The van der Waals surface area contributed by atoms with E-state index in [1.54, 1.807) is 11.3 Å². The number of hydrogen-bond donors (Lipinski definition) is 1. The predicted molar refractivity (Wildman–Crippen MR) is 103 cm³/mol. The van der Waals surface area contributed by atoms with Gasteiger partial charge in [0.2, 0.25) is 0 Å². The van der Waals surface area contributed by atoms with Crippen LogP contribution in [0.2, 0.25) is 0 Å². The summed E-state index contributed by atoms with van der Waals surface area (Å²) >= 11 is 1.76. The molecule has 0 aliphatic carbocycles. The molecule has 1 aromatic carbocycles. The van der Waals surface area contributed by atoms with Crippen molar-refractivity contribution in [2.45, 2.75) is 32.9 Å². The van der Waals surface area contributed by atoms with E-state index in [1.165, 1.54) is 53.8 Å². The molecular formula is C19H24N4S. The molecule has 1 aliphatic rings. The molecule has 0 amide bonds. The maximum absolute atomic E-state index is 4.88. The SMILES string of the molecule is CCn1cc(NC)c2cc(-c3nc(CN4CCCC4)cs3)ccc21. The van der Waals surface area contributed by atoms with Crippen LogP contribution in [0.25, 0.3) is 21.5 Å². The Morgan fingerprint density at radius 3 is 2.83 bits per heavy atom. The van der Waals surface area contributed by atoms with Gasteiger partial charge in [0.15, 0.2) is 0 Å². The molecule has 0 bridgehead atoms. The van der Waals surface area contributed by atoms with Gasteiger partial charge in [0.1, 0.15) is 5.01 Å². The third-order valence-corrected chi connectivity index (χ3v) is 5.81. The van der Waals surface area contributed by atoms with Gasteiger partial charge in [-0.1, -0.05) is 0 Å². The number of anilines is 1. The van der Waals surface area contributed by atoms with Crippen LogP contribution in [0.1, 0.15) is 25.5 Å². The number of rotatable bonds is 5. The Labute approximate surface area is 147 Å². The number of benzene rings is 1. The zero-order chi connectivity index (χ0) is 16.5. The average Bonchev–Trinajstić information content (AvgIpc) is 3.34. The molecule has 1 saturated heterocycles. The van der Waals surface area contributed by atoms with E-state index < -0.39 is 0 Å². The van der Waals surface area contributed by atoms with Crippen molar-refractivity contribution < 1.29 is 0 Å². The number of hydrogen-bond acceptors (Lipinski definition) is 4. The normalized spacial score (nSPS) is 15.4. The van der Waals surface area contributed by atoms with Crippen LogP contribution in [0.15, 0.2) is 29.8 Å². The zero-order valence-corrected chi connectivity index (χ0v) is 15.2. The standard InChI is InChI=1S/C19H24N4S/c1-3-23-12-17(20-2)16-10-14(6-7-18(16)23)19-21-15(13-24-19)11-22-8-4-5-9-22/h6-7,10,12-13,20H,3-5,8-9,11H2,1-2H3. The fourth-order valence-electron chi connectivity index (χ4n) is 3.57. The number of aryl methyl sites for hydroxylation is 1. The second-order valence-electron chi connectivity index (χ2n) is 6.44. The first kappa shape index (κ1) is 15.7. The molecular weight excluding hydrogens is 316 g/mol. The second kappa shape index (κ2) is 6.57. The molecule has 1 aliphatic heterocycles. The smallest absolute Gasteiger partial charge is 0.123 e. The predicted octanol–water partition coefficient (Wildman–Crippen LogP) is 4.42. The Balaban J connectivity index is 1.65. The minimum absolute atomic E-state index is 0.981. The molecule has 2 aromatic heterocycles. The number of nitrogens with one attached hydrogen (secondary N) is 1. The summed E-state index contributed by atoms with van der Waals surface area (Å²) in [5.74, 6) is 0. The Kier molecular flexibility index (Phi) is 4.29.